The Morgan fingerprint density at radius 3 is 2.10 bits per heavy atom. The summed E-state index contributed by atoms with van der Waals surface area (Å²) < 4.78 is 0. The van der Waals surface area contributed by atoms with Crippen LogP contribution >= 0.6 is 0 Å². The lowest BCUT2D eigenvalue weighted by molar-refractivity contribution is 0.112. The Labute approximate surface area is 176 Å². The van der Waals surface area contributed by atoms with Crippen molar-refractivity contribution in [2.24, 2.45) is 0 Å². The SMILES string of the molecule is CC1(C)CN(c2ccc(-c3ccccc3)cc2)c2c1c(O)c(C=O)c1ccccc21. The van der Waals surface area contributed by atoms with Gasteiger partial charge >= 0.3 is 0 Å². The quantitative estimate of drug-likeness (QED) is 0.406. The summed E-state index contributed by atoms with van der Waals surface area (Å²) in [6, 6.07) is 26.7. The molecule has 0 aromatic heterocycles. The van der Waals surface area contributed by atoms with Crippen LogP contribution in [-0.4, -0.2) is 17.9 Å². The largest absolute Gasteiger partial charge is 0.507 e. The molecule has 3 nitrogen and oxygen atoms in total. The number of benzene rings is 4. The predicted molar refractivity (Wildman–Crippen MR) is 123 cm³/mol. The topological polar surface area (TPSA) is 40.5 Å². The van der Waals surface area contributed by atoms with Gasteiger partial charge in [-0.05, 0) is 28.6 Å². The van der Waals surface area contributed by atoms with E-state index in [0.717, 1.165) is 40.5 Å². The van der Waals surface area contributed by atoms with Gasteiger partial charge in [0.15, 0.2) is 6.29 Å². The number of carbonyl (C=O) groups excluding carboxylic acids is 1. The van der Waals surface area contributed by atoms with Crippen LogP contribution in [0.3, 0.4) is 0 Å². The minimum Gasteiger partial charge on any atom is -0.507 e. The monoisotopic (exact) mass is 393 g/mol. The van der Waals surface area contributed by atoms with Crippen molar-refractivity contribution in [3.63, 3.8) is 0 Å². The summed E-state index contributed by atoms with van der Waals surface area (Å²) in [5.41, 5.74) is 5.34. The first-order valence-corrected chi connectivity index (χ1v) is 10.2. The lowest BCUT2D eigenvalue weighted by Gasteiger charge is -2.23. The molecule has 1 aliphatic heterocycles. The summed E-state index contributed by atoms with van der Waals surface area (Å²) in [6.45, 7) is 4.97. The molecule has 0 fully saturated rings. The molecular formula is C27H23NO2. The van der Waals surface area contributed by atoms with Gasteiger partial charge in [0, 0.05) is 28.6 Å². The number of phenolic OH excluding ortho intramolecular Hbond substituents is 1. The van der Waals surface area contributed by atoms with Gasteiger partial charge in [-0.2, -0.15) is 0 Å². The Morgan fingerprint density at radius 1 is 0.833 bits per heavy atom. The normalized spacial score (nSPS) is 14.7. The van der Waals surface area contributed by atoms with Crippen LogP contribution in [0.2, 0.25) is 0 Å². The predicted octanol–water partition coefficient (Wildman–Crippen LogP) is 6.45. The fourth-order valence-corrected chi connectivity index (χ4v) is 4.71. The first kappa shape index (κ1) is 18.4. The van der Waals surface area contributed by atoms with Gasteiger partial charge < -0.3 is 10.0 Å². The summed E-state index contributed by atoms with van der Waals surface area (Å²) in [4.78, 5) is 14.1. The van der Waals surface area contributed by atoms with E-state index in [2.05, 4.69) is 55.1 Å². The van der Waals surface area contributed by atoms with Crippen molar-refractivity contribution in [2.75, 3.05) is 11.4 Å². The number of aromatic hydroxyl groups is 1. The summed E-state index contributed by atoms with van der Waals surface area (Å²) in [7, 11) is 0. The summed E-state index contributed by atoms with van der Waals surface area (Å²) in [5, 5.41) is 12.8. The van der Waals surface area contributed by atoms with E-state index >= 15 is 0 Å². The second-order valence-electron chi connectivity index (χ2n) is 8.53. The maximum atomic E-state index is 11.8. The van der Waals surface area contributed by atoms with E-state index in [4.69, 9.17) is 0 Å². The Balaban J connectivity index is 1.70. The van der Waals surface area contributed by atoms with Crippen molar-refractivity contribution < 1.29 is 9.90 Å². The fourth-order valence-electron chi connectivity index (χ4n) is 4.71. The zero-order chi connectivity index (χ0) is 20.9. The van der Waals surface area contributed by atoms with Crippen LogP contribution in [0.15, 0.2) is 78.9 Å². The highest BCUT2D eigenvalue weighted by Crippen LogP contribution is 2.53. The van der Waals surface area contributed by atoms with Crippen LogP contribution in [0, 0.1) is 0 Å². The zero-order valence-electron chi connectivity index (χ0n) is 17.1. The maximum absolute atomic E-state index is 11.8. The number of phenols is 1. The molecule has 1 heterocycles. The third-order valence-electron chi connectivity index (χ3n) is 6.11. The molecule has 1 N–H and O–H groups in total. The molecule has 3 heteroatoms. The van der Waals surface area contributed by atoms with E-state index in [-0.39, 0.29) is 11.2 Å². The van der Waals surface area contributed by atoms with Gasteiger partial charge in [0.1, 0.15) is 5.75 Å². The molecule has 5 rings (SSSR count). The van der Waals surface area contributed by atoms with Gasteiger partial charge in [-0.1, -0.05) is 80.6 Å². The Bertz CT molecular complexity index is 1260. The molecule has 0 spiro atoms. The third kappa shape index (κ3) is 2.70. The number of fused-ring (bicyclic) bond motifs is 3. The first-order valence-electron chi connectivity index (χ1n) is 10.2. The molecule has 0 saturated heterocycles. The summed E-state index contributed by atoms with van der Waals surface area (Å²) in [5.74, 6) is 0.104. The summed E-state index contributed by atoms with van der Waals surface area (Å²) in [6.07, 6.45) is 0.769. The minimum absolute atomic E-state index is 0.104. The lowest BCUT2D eigenvalue weighted by Crippen LogP contribution is -2.25. The van der Waals surface area contributed by atoms with Gasteiger partial charge in [0.05, 0.1) is 11.3 Å². The Morgan fingerprint density at radius 2 is 1.43 bits per heavy atom. The maximum Gasteiger partial charge on any atom is 0.154 e. The molecule has 0 radical (unpaired) electrons. The highest BCUT2D eigenvalue weighted by atomic mass is 16.3. The third-order valence-corrected chi connectivity index (χ3v) is 6.11. The van der Waals surface area contributed by atoms with E-state index in [0.29, 0.717) is 5.56 Å². The van der Waals surface area contributed by atoms with Crippen molar-refractivity contribution in [1.29, 1.82) is 0 Å². The minimum atomic E-state index is -0.292. The van der Waals surface area contributed by atoms with Crippen LogP contribution in [0.4, 0.5) is 11.4 Å². The first-order chi connectivity index (χ1) is 14.5. The fraction of sp³-hybridized carbons (Fsp3) is 0.148. The molecule has 4 aromatic carbocycles. The molecule has 0 atom stereocenters. The number of aldehydes is 1. The zero-order valence-corrected chi connectivity index (χ0v) is 17.1. The standard InChI is InChI=1S/C27H23NO2/c1-27(2)17-28(20-14-12-19(13-15-20)18-8-4-3-5-9-18)25-22-11-7-6-10-21(22)23(16-29)26(30)24(25)27/h3-16,30H,17H2,1-2H3. The number of anilines is 2. The molecule has 0 bridgehead atoms. The Hall–Kier alpha value is -3.59. The van der Waals surface area contributed by atoms with Gasteiger partial charge in [0.25, 0.3) is 0 Å². The van der Waals surface area contributed by atoms with Crippen LogP contribution in [0.25, 0.3) is 21.9 Å². The van der Waals surface area contributed by atoms with Crippen LogP contribution in [-0.2, 0) is 5.41 Å². The molecule has 148 valence electrons. The molecule has 0 saturated carbocycles. The molecule has 0 amide bonds. The highest BCUT2D eigenvalue weighted by molar-refractivity contribution is 6.10. The van der Waals surface area contributed by atoms with E-state index < -0.39 is 0 Å². The van der Waals surface area contributed by atoms with Gasteiger partial charge in [-0.25, -0.2) is 0 Å². The van der Waals surface area contributed by atoms with Crippen LogP contribution in [0.5, 0.6) is 5.75 Å². The number of hydrogen-bond acceptors (Lipinski definition) is 3. The summed E-state index contributed by atoms with van der Waals surface area (Å²) >= 11 is 0. The number of rotatable bonds is 3. The van der Waals surface area contributed by atoms with Crippen molar-refractivity contribution in [3.8, 4) is 16.9 Å². The van der Waals surface area contributed by atoms with Crippen molar-refractivity contribution in [2.45, 2.75) is 19.3 Å². The molecular weight excluding hydrogens is 370 g/mol. The van der Waals surface area contributed by atoms with Crippen molar-refractivity contribution in [1.82, 2.24) is 0 Å². The van der Waals surface area contributed by atoms with Gasteiger partial charge in [0.2, 0.25) is 0 Å². The number of carbonyl (C=O) groups is 1. The highest BCUT2D eigenvalue weighted by Gasteiger charge is 2.40. The van der Waals surface area contributed by atoms with E-state index in [9.17, 15) is 9.90 Å². The molecule has 0 aliphatic carbocycles. The number of nitrogens with zero attached hydrogens (tertiary/aromatic N) is 1. The second-order valence-corrected chi connectivity index (χ2v) is 8.53. The Kier molecular flexibility index (Phi) is 4.14. The van der Waals surface area contributed by atoms with Crippen LogP contribution in [0.1, 0.15) is 29.8 Å². The second kappa shape index (κ2) is 6.74. The smallest absolute Gasteiger partial charge is 0.154 e. The van der Waals surface area contributed by atoms with E-state index in [1.807, 2.05) is 42.5 Å². The molecule has 30 heavy (non-hydrogen) atoms. The average Bonchev–Trinajstić information content (AvgIpc) is 3.07. The van der Waals surface area contributed by atoms with E-state index in [1.165, 1.54) is 11.1 Å². The lowest BCUT2D eigenvalue weighted by atomic mass is 9.83. The van der Waals surface area contributed by atoms with Gasteiger partial charge in [-0.3, -0.25) is 4.79 Å². The van der Waals surface area contributed by atoms with Crippen molar-refractivity contribution >= 4 is 28.4 Å². The number of hydrogen-bond donors (Lipinski definition) is 1. The van der Waals surface area contributed by atoms with Crippen LogP contribution < -0.4 is 4.90 Å². The molecule has 4 aromatic rings. The van der Waals surface area contributed by atoms with E-state index in [1.54, 1.807) is 0 Å². The van der Waals surface area contributed by atoms with Crippen molar-refractivity contribution in [3.05, 3.63) is 90.0 Å². The molecule has 0 unspecified atom stereocenters. The molecule has 1 aliphatic rings. The average molecular weight is 393 g/mol. The van der Waals surface area contributed by atoms with Gasteiger partial charge in [-0.15, -0.1) is 0 Å².